The molecule has 5 aliphatic carbocycles. The van der Waals surface area contributed by atoms with Gasteiger partial charge in [0.1, 0.15) is 5.60 Å². The molecule has 0 unspecified atom stereocenters. The molecule has 5 aliphatic rings. The number of aliphatic hydroxyl groups excluding tert-OH is 1. The highest BCUT2D eigenvalue weighted by atomic mass is 16.5. The Morgan fingerprint density at radius 1 is 1.07 bits per heavy atom. The number of ketones is 2. The molecule has 5 rings (SSSR count). The highest BCUT2D eigenvalue weighted by Gasteiger charge is 2.68. The molecule has 0 radical (unpaired) electrons. The van der Waals surface area contributed by atoms with Gasteiger partial charge in [-0.1, -0.05) is 44.8 Å². The molecule has 0 spiro atoms. The van der Waals surface area contributed by atoms with Crippen LogP contribution >= 0.6 is 0 Å². The SMILES string of the molecule is C[C@]12C=CC(=O)C=C1CC[C@H]1[C@H]2[C@@H](O)C[C@@]2(C)[C@@H]1CC[C@]2(O)C(=O)COC(=O)CCC(=O)NCC1CCCCC1. The van der Waals surface area contributed by atoms with Crippen LogP contribution in [0.5, 0.6) is 0 Å². The Labute approximate surface area is 237 Å². The first kappa shape index (κ1) is 29.2. The Hall–Kier alpha value is -2.32. The van der Waals surface area contributed by atoms with Crippen LogP contribution in [0.15, 0.2) is 23.8 Å². The zero-order valence-electron chi connectivity index (χ0n) is 24.0. The van der Waals surface area contributed by atoms with E-state index in [2.05, 4.69) is 12.2 Å². The summed E-state index contributed by atoms with van der Waals surface area (Å²) in [5.74, 6) is -0.832. The standard InChI is InChI=1S/C32H45NO7/c1-30-14-12-22(34)16-21(30)8-9-23-24-13-15-32(39,31(24,2)17-25(35)29(23)30)26(36)19-40-28(38)11-10-27(37)33-18-20-6-4-3-5-7-20/h12,14,16,20,23-25,29,35,39H,3-11,13,15,17-19H2,1-2H3,(H,33,37)/t23-,24-,25+,29+,30+,31+,32+/m1/s1. The van der Waals surface area contributed by atoms with E-state index in [1.54, 1.807) is 12.2 Å². The summed E-state index contributed by atoms with van der Waals surface area (Å²) in [7, 11) is 0. The van der Waals surface area contributed by atoms with E-state index < -0.39 is 40.9 Å². The maximum absolute atomic E-state index is 13.4. The lowest BCUT2D eigenvalue weighted by molar-refractivity contribution is -0.181. The Balaban J connectivity index is 1.16. The van der Waals surface area contributed by atoms with Crippen molar-refractivity contribution in [3.8, 4) is 0 Å². The van der Waals surface area contributed by atoms with Crippen molar-refractivity contribution in [1.29, 1.82) is 0 Å². The van der Waals surface area contributed by atoms with Gasteiger partial charge in [-0.25, -0.2) is 0 Å². The summed E-state index contributed by atoms with van der Waals surface area (Å²) >= 11 is 0. The monoisotopic (exact) mass is 555 g/mol. The van der Waals surface area contributed by atoms with Crippen LogP contribution < -0.4 is 5.32 Å². The number of nitrogens with one attached hydrogen (secondary N) is 1. The maximum Gasteiger partial charge on any atom is 0.306 e. The van der Waals surface area contributed by atoms with Gasteiger partial charge >= 0.3 is 5.97 Å². The second-order valence-corrected chi connectivity index (χ2v) is 13.5. The predicted molar refractivity (Wildman–Crippen MR) is 148 cm³/mol. The summed E-state index contributed by atoms with van der Waals surface area (Å²) in [6.45, 7) is 4.08. The molecule has 7 atom stereocenters. The Morgan fingerprint density at radius 3 is 2.58 bits per heavy atom. The van der Waals surface area contributed by atoms with E-state index in [-0.39, 0.29) is 55.1 Å². The van der Waals surface area contributed by atoms with Crippen LogP contribution in [0.3, 0.4) is 0 Å². The van der Waals surface area contributed by atoms with Crippen LogP contribution in [0.25, 0.3) is 0 Å². The Kier molecular flexibility index (Phi) is 8.14. The first-order chi connectivity index (χ1) is 19.0. The molecule has 3 N–H and O–H groups in total. The zero-order valence-corrected chi connectivity index (χ0v) is 24.0. The topological polar surface area (TPSA) is 130 Å². The third-order valence-electron chi connectivity index (χ3n) is 11.3. The van der Waals surface area contributed by atoms with Crippen molar-refractivity contribution >= 4 is 23.4 Å². The van der Waals surface area contributed by atoms with Gasteiger partial charge in [-0.3, -0.25) is 19.2 Å². The summed E-state index contributed by atoms with van der Waals surface area (Å²) in [6, 6.07) is 0. The van der Waals surface area contributed by atoms with Crippen molar-refractivity contribution in [2.45, 2.75) is 103 Å². The zero-order chi connectivity index (χ0) is 28.7. The number of ether oxygens (including phenoxy) is 1. The minimum atomic E-state index is -1.70. The van der Waals surface area contributed by atoms with Crippen molar-refractivity contribution < 1.29 is 34.1 Å². The molecule has 40 heavy (non-hydrogen) atoms. The van der Waals surface area contributed by atoms with E-state index >= 15 is 0 Å². The van der Waals surface area contributed by atoms with Crippen LogP contribution in [-0.4, -0.2) is 58.5 Å². The molecule has 0 aliphatic heterocycles. The van der Waals surface area contributed by atoms with E-state index in [4.69, 9.17) is 4.74 Å². The van der Waals surface area contributed by atoms with Gasteiger partial charge in [0.05, 0.1) is 12.5 Å². The molecule has 220 valence electrons. The first-order valence-corrected chi connectivity index (χ1v) is 15.3. The van der Waals surface area contributed by atoms with Crippen LogP contribution in [0.2, 0.25) is 0 Å². The van der Waals surface area contributed by atoms with Crippen LogP contribution in [-0.2, 0) is 23.9 Å². The van der Waals surface area contributed by atoms with Gasteiger partial charge in [0.25, 0.3) is 0 Å². The number of carbonyl (C=O) groups is 4. The number of hydrogen-bond donors (Lipinski definition) is 3. The van der Waals surface area contributed by atoms with Crippen molar-refractivity contribution in [3.63, 3.8) is 0 Å². The number of rotatable bonds is 8. The number of hydrogen-bond acceptors (Lipinski definition) is 7. The third kappa shape index (κ3) is 5.11. The van der Waals surface area contributed by atoms with Crippen molar-refractivity contribution in [1.82, 2.24) is 5.32 Å². The number of aliphatic hydroxyl groups is 2. The highest BCUT2D eigenvalue weighted by Crippen LogP contribution is 2.67. The summed E-state index contributed by atoms with van der Waals surface area (Å²) < 4.78 is 5.24. The summed E-state index contributed by atoms with van der Waals surface area (Å²) in [6.07, 6.45) is 13.0. The number of allylic oxidation sites excluding steroid dienone is 4. The minimum Gasteiger partial charge on any atom is -0.458 e. The van der Waals surface area contributed by atoms with Gasteiger partial charge in [-0.15, -0.1) is 0 Å². The molecule has 4 fully saturated rings. The summed E-state index contributed by atoms with van der Waals surface area (Å²) in [5.41, 5.74) is -1.90. The lowest BCUT2D eigenvalue weighted by Gasteiger charge is -2.59. The van der Waals surface area contributed by atoms with E-state index in [1.165, 1.54) is 19.3 Å². The summed E-state index contributed by atoms with van der Waals surface area (Å²) in [5, 5.41) is 26.2. The molecule has 4 saturated carbocycles. The van der Waals surface area contributed by atoms with Crippen molar-refractivity contribution in [3.05, 3.63) is 23.8 Å². The average molecular weight is 556 g/mol. The molecule has 1 amide bonds. The molecule has 0 aromatic heterocycles. The largest absolute Gasteiger partial charge is 0.458 e. The number of carbonyl (C=O) groups excluding carboxylic acids is 4. The number of fused-ring (bicyclic) bond motifs is 5. The number of Topliss-reactive ketones (excluding diaryl/α,β-unsaturated/α-hetero) is 1. The summed E-state index contributed by atoms with van der Waals surface area (Å²) in [4.78, 5) is 50.0. The maximum atomic E-state index is 13.4. The lowest BCUT2D eigenvalue weighted by Crippen LogP contribution is -2.61. The molecular weight excluding hydrogens is 510 g/mol. The van der Waals surface area contributed by atoms with Crippen LogP contribution in [0.1, 0.15) is 90.9 Å². The number of esters is 1. The smallest absolute Gasteiger partial charge is 0.306 e. The first-order valence-electron chi connectivity index (χ1n) is 15.3. The Morgan fingerprint density at radius 2 is 1.82 bits per heavy atom. The predicted octanol–water partition coefficient (Wildman–Crippen LogP) is 3.59. The molecule has 8 nitrogen and oxygen atoms in total. The lowest BCUT2D eigenvalue weighted by atomic mass is 9.46. The van der Waals surface area contributed by atoms with Crippen LogP contribution in [0, 0.1) is 34.5 Å². The third-order valence-corrected chi connectivity index (χ3v) is 11.3. The van der Waals surface area contributed by atoms with Gasteiger partial charge < -0.3 is 20.3 Å². The van der Waals surface area contributed by atoms with Gasteiger partial charge in [-0.05, 0) is 74.9 Å². The van der Waals surface area contributed by atoms with Gasteiger partial charge in [0, 0.05) is 29.7 Å². The molecule has 0 heterocycles. The second kappa shape index (κ2) is 11.2. The van der Waals surface area contributed by atoms with Crippen molar-refractivity contribution in [2.24, 2.45) is 34.5 Å². The van der Waals surface area contributed by atoms with Gasteiger partial charge in [0.2, 0.25) is 11.7 Å². The van der Waals surface area contributed by atoms with E-state index in [0.29, 0.717) is 18.9 Å². The Bertz CT molecular complexity index is 1110. The fraction of sp³-hybridized carbons (Fsp3) is 0.750. The molecule has 8 heteroatoms. The van der Waals surface area contributed by atoms with Gasteiger partial charge in [0.15, 0.2) is 12.4 Å². The molecule has 0 aromatic carbocycles. The molecule has 0 bridgehead atoms. The molecule has 0 aromatic rings. The number of amides is 1. The minimum absolute atomic E-state index is 0.00824. The second-order valence-electron chi connectivity index (χ2n) is 13.5. The van der Waals surface area contributed by atoms with E-state index in [9.17, 15) is 29.4 Å². The fourth-order valence-corrected chi connectivity index (χ4v) is 9.08. The quantitative estimate of drug-likeness (QED) is 0.390. The highest BCUT2D eigenvalue weighted by molar-refractivity contribution is 6.01. The molecular formula is C32H45NO7. The van der Waals surface area contributed by atoms with Crippen LogP contribution in [0.4, 0.5) is 0 Å². The van der Waals surface area contributed by atoms with Gasteiger partial charge in [-0.2, -0.15) is 0 Å². The fourth-order valence-electron chi connectivity index (χ4n) is 9.08. The average Bonchev–Trinajstić information content (AvgIpc) is 3.20. The van der Waals surface area contributed by atoms with E-state index in [0.717, 1.165) is 31.3 Å². The normalized spacial score (nSPS) is 39.0. The van der Waals surface area contributed by atoms with E-state index in [1.807, 2.05) is 13.0 Å². The molecule has 0 saturated heterocycles. The van der Waals surface area contributed by atoms with Crippen molar-refractivity contribution in [2.75, 3.05) is 13.2 Å².